The van der Waals surface area contributed by atoms with Crippen LogP contribution in [0.5, 0.6) is 0 Å². The van der Waals surface area contributed by atoms with Crippen LogP contribution in [0.25, 0.3) is 5.83 Å². The van der Waals surface area contributed by atoms with E-state index in [4.69, 9.17) is 39.5 Å². The fraction of sp³-hybridized carbons (Fsp3) is 0.360. The first-order chi connectivity index (χ1) is 17.6. The molecule has 0 saturated carbocycles. The van der Waals surface area contributed by atoms with E-state index in [2.05, 4.69) is 0 Å². The Bertz CT molecular complexity index is 1260. The van der Waals surface area contributed by atoms with Crippen LogP contribution in [0.1, 0.15) is 53.7 Å². The van der Waals surface area contributed by atoms with Gasteiger partial charge >= 0.3 is 18.4 Å². The summed E-state index contributed by atoms with van der Waals surface area (Å²) in [5.74, 6) is -5.47. The number of Topliss-reactive ketones (excluding diaryl/α,β-unsaturated/α-hetero) is 1. The maximum atomic E-state index is 15.0. The normalized spacial score (nSPS) is 13.7. The van der Waals surface area contributed by atoms with E-state index < -0.39 is 70.4 Å². The molecule has 39 heavy (non-hydrogen) atoms. The molecule has 2 aromatic carbocycles. The van der Waals surface area contributed by atoms with Crippen LogP contribution in [0.3, 0.4) is 0 Å². The third kappa shape index (κ3) is 8.74. The summed E-state index contributed by atoms with van der Waals surface area (Å²) in [4.78, 5) is 25.4. The highest BCUT2D eigenvalue weighted by atomic mass is 35.5. The van der Waals surface area contributed by atoms with Gasteiger partial charge in [-0.25, -0.2) is 9.18 Å². The quantitative estimate of drug-likeness (QED) is 0.183. The number of carbonyl (C=O) groups is 2. The lowest BCUT2D eigenvalue weighted by Crippen LogP contribution is -2.37. The maximum Gasteiger partial charge on any atom is 0.417 e. The number of likely N-dealkylation sites (N-methyl/N-ethyl adjacent to an activating group) is 1. The van der Waals surface area contributed by atoms with Gasteiger partial charge in [0.1, 0.15) is 17.3 Å². The zero-order chi connectivity index (χ0) is 30.1. The number of rotatable bonds is 6. The Morgan fingerprint density at radius 1 is 0.974 bits per heavy atom. The summed E-state index contributed by atoms with van der Waals surface area (Å²) in [5, 5.41) is -0.929. The molecule has 0 N–H and O–H groups in total. The monoisotopic (exact) mass is 621 g/mol. The number of carbonyl (C=O) groups excluding carboxylic acids is 2. The lowest BCUT2D eigenvalue weighted by molar-refractivity contribution is -0.140. The predicted octanol–water partition coefficient (Wildman–Crippen LogP) is 9.37. The number of ketones is 1. The van der Waals surface area contributed by atoms with Crippen molar-refractivity contribution in [2.75, 3.05) is 13.6 Å². The Morgan fingerprint density at radius 2 is 1.51 bits per heavy atom. The standard InChI is InChI=1S/C25H21Cl3F7NO3/c1-23(2,3)39-22(38)36(4)11-20(37)14-6-5-12(7-16(14)25(33,34)35)19(29)10-15(24(30,31)32)13-8-17(26)21(28)18(27)9-13/h5-10,15H,11H2,1-4H3/b19-10-. The second-order valence-electron chi connectivity index (χ2n) is 9.35. The molecule has 0 aliphatic heterocycles. The lowest BCUT2D eigenvalue weighted by Gasteiger charge is -2.24. The molecular formula is C25H21Cl3F7NO3. The number of nitrogens with zero attached hydrogens (tertiary/aromatic N) is 1. The van der Waals surface area contributed by atoms with Crippen LogP contribution in [0.4, 0.5) is 35.5 Å². The Kier molecular flexibility index (Phi) is 10.0. The second kappa shape index (κ2) is 11.9. The number of benzene rings is 2. The van der Waals surface area contributed by atoms with Crippen LogP contribution in [-0.4, -0.2) is 42.1 Å². The summed E-state index contributed by atoms with van der Waals surface area (Å²) >= 11 is 17.3. The van der Waals surface area contributed by atoms with E-state index in [1.807, 2.05) is 0 Å². The molecule has 1 unspecified atom stereocenters. The molecule has 2 rings (SSSR count). The number of hydrogen-bond acceptors (Lipinski definition) is 3. The van der Waals surface area contributed by atoms with Gasteiger partial charge in [0.15, 0.2) is 5.78 Å². The molecule has 14 heteroatoms. The van der Waals surface area contributed by atoms with E-state index in [1.54, 1.807) is 20.8 Å². The topological polar surface area (TPSA) is 46.6 Å². The highest BCUT2D eigenvalue weighted by molar-refractivity contribution is 6.48. The first-order valence-electron chi connectivity index (χ1n) is 10.9. The van der Waals surface area contributed by atoms with Crippen molar-refractivity contribution in [2.45, 2.75) is 44.6 Å². The Labute approximate surface area is 234 Å². The largest absolute Gasteiger partial charge is 0.444 e. The molecule has 1 amide bonds. The van der Waals surface area contributed by atoms with Gasteiger partial charge in [-0.1, -0.05) is 46.9 Å². The summed E-state index contributed by atoms with van der Waals surface area (Å²) in [7, 11) is 1.13. The van der Waals surface area contributed by atoms with Crippen LogP contribution in [0.15, 0.2) is 36.4 Å². The van der Waals surface area contributed by atoms with E-state index in [1.165, 1.54) is 0 Å². The SMILES string of the molecule is CN(CC(=O)c1ccc(/C(F)=C/C(c2cc(Cl)c(Cl)c(Cl)c2)C(F)(F)F)cc1C(F)(F)F)C(=O)OC(C)(C)C. The molecule has 0 heterocycles. The summed E-state index contributed by atoms with van der Waals surface area (Å²) in [6, 6.07) is 3.16. The molecule has 214 valence electrons. The average molecular weight is 623 g/mol. The van der Waals surface area contributed by atoms with Crippen LogP contribution in [0, 0.1) is 0 Å². The van der Waals surface area contributed by atoms with Crippen LogP contribution in [0.2, 0.25) is 15.1 Å². The van der Waals surface area contributed by atoms with Crippen molar-refractivity contribution in [3.05, 3.63) is 73.7 Å². The van der Waals surface area contributed by atoms with Gasteiger partial charge < -0.3 is 9.64 Å². The first-order valence-corrected chi connectivity index (χ1v) is 12.0. The van der Waals surface area contributed by atoms with Gasteiger partial charge in [-0.3, -0.25) is 4.79 Å². The van der Waals surface area contributed by atoms with Gasteiger partial charge in [0.2, 0.25) is 0 Å². The van der Waals surface area contributed by atoms with Crippen molar-refractivity contribution < 1.29 is 45.1 Å². The molecule has 0 radical (unpaired) electrons. The van der Waals surface area contributed by atoms with E-state index in [-0.39, 0.29) is 27.2 Å². The van der Waals surface area contributed by atoms with E-state index in [0.29, 0.717) is 6.07 Å². The maximum absolute atomic E-state index is 15.0. The molecule has 0 aliphatic rings. The summed E-state index contributed by atoms with van der Waals surface area (Å²) < 4.78 is 103. The second-order valence-corrected chi connectivity index (χ2v) is 10.5. The van der Waals surface area contributed by atoms with E-state index in [9.17, 15) is 35.9 Å². The van der Waals surface area contributed by atoms with Crippen molar-refractivity contribution in [1.82, 2.24) is 4.90 Å². The van der Waals surface area contributed by atoms with Crippen LogP contribution < -0.4 is 0 Å². The number of allylic oxidation sites excluding steroid dienone is 1. The molecule has 2 aromatic rings. The van der Waals surface area contributed by atoms with Crippen molar-refractivity contribution in [3.63, 3.8) is 0 Å². The Balaban J connectivity index is 2.50. The highest BCUT2D eigenvalue weighted by Gasteiger charge is 2.41. The van der Waals surface area contributed by atoms with Crippen molar-refractivity contribution in [3.8, 4) is 0 Å². The van der Waals surface area contributed by atoms with Crippen LogP contribution >= 0.6 is 34.8 Å². The third-order valence-corrected chi connectivity index (χ3v) is 6.21. The molecule has 0 aliphatic carbocycles. The zero-order valence-corrected chi connectivity index (χ0v) is 23.0. The highest BCUT2D eigenvalue weighted by Crippen LogP contribution is 2.43. The van der Waals surface area contributed by atoms with Gasteiger partial charge in [0, 0.05) is 18.2 Å². The third-order valence-electron chi connectivity index (χ3n) is 5.02. The number of halogens is 10. The number of ether oxygens (including phenoxy) is 1. The zero-order valence-electron chi connectivity index (χ0n) is 20.7. The smallest absolute Gasteiger partial charge is 0.417 e. The van der Waals surface area contributed by atoms with Gasteiger partial charge in [0.25, 0.3) is 0 Å². The van der Waals surface area contributed by atoms with Crippen LogP contribution in [-0.2, 0) is 10.9 Å². The fourth-order valence-corrected chi connectivity index (χ4v) is 3.87. The van der Waals surface area contributed by atoms with Gasteiger partial charge in [-0.2, -0.15) is 26.3 Å². The fourth-order valence-electron chi connectivity index (χ4n) is 3.25. The number of alkyl halides is 6. The molecule has 1 atom stereocenters. The van der Waals surface area contributed by atoms with Crippen molar-refractivity contribution >= 4 is 52.5 Å². The van der Waals surface area contributed by atoms with Crippen molar-refractivity contribution in [2.24, 2.45) is 0 Å². The minimum Gasteiger partial charge on any atom is -0.444 e. The molecule has 0 saturated heterocycles. The molecule has 0 bridgehead atoms. The summed E-state index contributed by atoms with van der Waals surface area (Å²) in [5.41, 5.74) is -4.94. The Morgan fingerprint density at radius 3 is 1.97 bits per heavy atom. The average Bonchev–Trinajstić information content (AvgIpc) is 2.77. The summed E-state index contributed by atoms with van der Waals surface area (Å²) in [6.07, 6.45) is -11.2. The van der Waals surface area contributed by atoms with Crippen molar-refractivity contribution in [1.29, 1.82) is 0 Å². The lowest BCUT2D eigenvalue weighted by atomic mass is 9.95. The minimum atomic E-state index is -5.19. The summed E-state index contributed by atoms with van der Waals surface area (Å²) in [6.45, 7) is 3.82. The minimum absolute atomic E-state index is 0.0587. The van der Waals surface area contributed by atoms with Gasteiger partial charge in [0.05, 0.1) is 27.2 Å². The van der Waals surface area contributed by atoms with E-state index >= 15 is 4.39 Å². The predicted molar refractivity (Wildman–Crippen MR) is 134 cm³/mol. The van der Waals surface area contributed by atoms with Gasteiger partial charge in [-0.15, -0.1) is 0 Å². The molecule has 0 spiro atoms. The van der Waals surface area contributed by atoms with Gasteiger partial charge in [-0.05, 0) is 50.6 Å². The first kappa shape index (κ1) is 32.7. The van der Waals surface area contributed by atoms with E-state index in [0.717, 1.165) is 30.1 Å². The molecule has 4 nitrogen and oxygen atoms in total. The molecular weight excluding hydrogens is 602 g/mol. The molecule has 0 aromatic heterocycles. The number of amides is 1. The molecule has 0 fully saturated rings. The Hall–Kier alpha value is -2.50. The number of hydrogen-bond donors (Lipinski definition) is 0.